The zero-order valence-electron chi connectivity index (χ0n) is 13.0. The van der Waals surface area contributed by atoms with E-state index in [2.05, 4.69) is 9.71 Å². The van der Waals surface area contributed by atoms with Gasteiger partial charge in [-0.05, 0) is 32.6 Å². The molecule has 1 aliphatic rings. The van der Waals surface area contributed by atoms with E-state index in [1.54, 1.807) is 11.3 Å². The number of carbonyl (C=O) groups is 1. The average molecular weight is 345 g/mol. The van der Waals surface area contributed by atoms with Gasteiger partial charge in [0.05, 0.1) is 23.4 Å². The molecule has 0 aliphatic carbocycles. The fourth-order valence-corrected chi connectivity index (χ4v) is 3.89. The number of thiazole rings is 1. The SMILES string of the molecule is Cc1nc(CC(=O)N2CCCC[C@H]2CCNS(C)(=O)=O)cs1. The molecule has 2 rings (SSSR count). The summed E-state index contributed by atoms with van der Waals surface area (Å²) in [5, 5.41) is 2.90. The Kier molecular flexibility index (Phi) is 5.94. The Labute approximate surface area is 136 Å². The maximum absolute atomic E-state index is 12.5. The maximum atomic E-state index is 12.5. The fraction of sp³-hybridized carbons (Fsp3) is 0.714. The lowest BCUT2D eigenvalue weighted by Gasteiger charge is -2.36. The van der Waals surface area contributed by atoms with Crippen molar-refractivity contribution in [3.8, 4) is 0 Å². The highest BCUT2D eigenvalue weighted by molar-refractivity contribution is 7.88. The standard InChI is InChI=1S/C14H23N3O3S2/c1-11-16-12(10-21-11)9-14(18)17-8-4-3-5-13(17)6-7-15-22(2,19)20/h10,13,15H,3-9H2,1-2H3/t13-/m0/s1. The highest BCUT2D eigenvalue weighted by Gasteiger charge is 2.26. The molecule has 1 amide bonds. The summed E-state index contributed by atoms with van der Waals surface area (Å²) in [7, 11) is -3.17. The van der Waals surface area contributed by atoms with Gasteiger partial charge in [0.1, 0.15) is 0 Å². The molecule has 8 heteroatoms. The van der Waals surface area contributed by atoms with Crippen molar-refractivity contribution in [2.24, 2.45) is 0 Å². The fourth-order valence-electron chi connectivity index (χ4n) is 2.79. The van der Waals surface area contributed by atoms with Gasteiger partial charge >= 0.3 is 0 Å². The molecule has 0 radical (unpaired) electrons. The van der Waals surface area contributed by atoms with Crippen LogP contribution in [0, 0.1) is 6.92 Å². The summed E-state index contributed by atoms with van der Waals surface area (Å²) < 4.78 is 24.8. The summed E-state index contributed by atoms with van der Waals surface area (Å²) in [5.41, 5.74) is 0.825. The monoisotopic (exact) mass is 345 g/mol. The Morgan fingerprint density at radius 2 is 2.27 bits per heavy atom. The predicted molar refractivity (Wildman–Crippen MR) is 87.4 cm³/mol. The molecule has 1 saturated heterocycles. The highest BCUT2D eigenvalue weighted by Crippen LogP contribution is 2.21. The van der Waals surface area contributed by atoms with E-state index < -0.39 is 10.0 Å². The lowest BCUT2D eigenvalue weighted by Crippen LogP contribution is -2.45. The second-order valence-electron chi connectivity index (χ2n) is 5.73. The third-order valence-electron chi connectivity index (χ3n) is 3.79. The highest BCUT2D eigenvalue weighted by atomic mass is 32.2. The number of aromatic nitrogens is 1. The third kappa shape index (κ3) is 5.33. The molecule has 0 bridgehead atoms. The van der Waals surface area contributed by atoms with Gasteiger partial charge in [0.15, 0.2) is 0 Å². The van der Waals surface area contributed by atoms with E-state index in [1.807, 2.05) is 17.2 Å². The predicted octanol–water partition coefficient (Wildman–Crippen LogP) is 1.31. The van der Waals surface area contributed by atoms with E-state index in [4.69, 9.17) is 0 Å². The first-order valence-corrected chi connectivity index (χ1v) is 10.3. The number of likely N-dealkylation sites (tertiary alicyclic amines) is 1. The van der Waals surface area contributed by atoms with Gasteiger partial charge in [0.25, 0.3) is 0 Å². The molecule has 0 unspecified atom stereocenters. The molecule has 0 spiro atoms. The number of rotatable bonds is 6. The summed E-state index contributed by atoms with van der Waals surface area (Å²) in [5.74, 6) is 0.0920. The van der Waals surface area contributed by atoms with Crippen molar-refractivity contribution >= 4 is 27.3 Å². The zero-order valence-corrected chi connectivity index (χ0v) is 14.7. The number of sulfonamides is 1. The molecule has 1 N–H and O–H groups in total. The second-order valence-corrected chi connectivity index (χ2v) is 8.62. The Bertz CT molecular complexity index is 613. The minimum absolute atomic E-state index is 0.0920. The number of nitrogens with zero attached hydrogens (tertiary/aromatic N) is 2. The molecule has 1 atom stereocenters. The van der Waals surface area contributed by atoms with Crippen molar-refractivity contribution < 1.29 is 13.2 Å². The van der Waals surface area contributed by atoms with Crippen molar-refractivity contribution in [1.29, 1.82) is 0 Å². The largest absolute Gasteiger partial charge is 0.339 e. The summed E-state index contributed by atoms with van der Waals surface area (Å²) in [6.07, 6.45) is 5.19. The van der Waals surface area contributed by atoms with Crippen molar-refractivity contribution in [3.63, 3.8) is 0 Å². The minimum atomic E-state index is -3.17. The smallest absolute Gasteiger partial charge is 0.228 e. The van der Waals surface area contributed by atoms with Crippen molar-refractivity contribution in [1.82, 2.24) is 14.6 Å². The molecule has 1 aliphatic heterocycles. The second kappa shape index (κ2) is 7.52. The van der Waals surface area contributed by atoms with Gasteiger partial charge in [0.2, 0.25) is 15.9 Å². The number of hydrogen-bond donors (Lipinski definition) is 1. The van der Waals surface area contributed by atoms with Crippen LogP contribution in [0.25, 0.3) is 0 Å². The number of aryl methyl sites for hydroxylation is 1. The molecule has 1 aromatic rings. The molecule has 0 saturated carbocycles. The first-order chi connectivity index (χ1) is 10.3. The van der Waals surface area contributed by atoms with Gasteiger partial charge in [0, 0.05) is 24.5 Å². The molecular weight excluding hydrogens is 322 g/mol. The summed E-state index contributed by atoms with van der Waals surface area (Å²) >= 11 is 1.55. The number of carbonyl (C=O) groups excluding carboxylic acids is 1. The quantitative estimate of drug-likeness (QED) is 0.843. The van der Waals surface area contributed by atoms with Crippen LogP contribution in [0.5, 0.6) is 0 Å². The van der Waals surface area contributed by atoms with Crippen LogP contribution in [0.4, 0.5) is 0 Å². The van der Waals surface area contributed by atoms with Crippen LogP contribution in [0.3, 0.4) is 0 Å². The maximum Gasteiger partial charge on any atom is 0.228 e. The van der Waals surface area contributed by atoms with Gasteiger partial charge in [-0.3, -0.25) is 4.79 Å². The molecule has 0 aromatic carbocycles. The van der Waals surface area contributed by atoms with Crippen molar-refractivity contribution in [3.05, 3.63) is 16.1 Å². The third-order valence-corrected chi connectivity index (χ3v) is 5.34. The van der Waals surface area contributed by atoms with Gasteiger partial charge in [-0.1, -0.05) is 0 Å². The number of amides is 1. The topological polar surface area (TPSA) is 79.4 Å². The Balaban J connectivity index is 1.92. The molecule has 2 heterocycles. The van der Waals surface area contributed by atoms with E-state index >= 15 is 0 Å². The Morgan fingerprint density at radius 1 is 1.50 bits per heavy atom. The lowest BCUT2D eigenvalue weighted by molar-refractivity contribution is -0.134. The summed E-state index contributed by atoms with van der Waals surface area (Å²) in [4.78, 5) is 18.7. The molecule has 22 heavy (non-hydrogen) atoms. The van der Waals surface area contributed by atoms with E-state index in [9.17, 15) is 13.2 Å². The Morgan fingerprint density at radius 3 is 2.91 bits per heavy atom. The van der Waals surface area contributed by atoms with Crippen LogP contribution in [0.1, 0.15) is 36.4 Å². The lowest BCUT2D eigenvalue weighted by atomic mass is 9.99. The number of hydrogen-bond acceptors (Lipinski definition) is 5. The number of piperidine rings is 1. The molecular formula is C14H23N3O3S2. The summed E-state index contributed by atoms with van der Waals surface area (Å²) in [6, 6.07) is 0.121. The first kappa shape index (κ1) is 17.4. The van der Waals surface area contributed by atoms with Crippen molar-refractivity contribution in [2.75, 3.05) is 19.3 Å². The normalized spacial score (nSPS) is 19.4. The van der Waals surface area contributed by atoms with Crippen LogP contribution in [0.15, 0.2) is 5.38 Å². The van der Waals surface area contributed by atoms with Crippen molar-refractivity contribution in [2.45, 2.75) is 45.1 Å². The number of nitrogens with one attached hydrogen (secondary N) is 1. The van der Waals surface area contributed by atoms with Crippen LogP contribution in [-0.2, 0) is 21.2 Å². The van der Waals surface area contributed by atoms with Crippen LogP contribution in [0.2, 0.25) is 0 Å². The van der Waals surface area contributed by atoms with Gasteiger partial charge in [-0.15, -0.1) is 11.3 Å². The summed E-state index contributed by atoms with van der Waals surface area (Å²) in [6.45, 7) is 3.06. The van der Waals surface area contributed by atoms with E-state index in [-0.39, 0.29) is 11.9 Å². The molecule has 1 fully saturated rings. The van der Waals surface area contributed by atoms with Crippen LogP contribution in [-0.4, -0.2) is 49.6 Å². The molecule has 6 nitrogen and oxygen atoms in total. The van der Waals surface area contributed by atoms with Gasteiger partial charge in [-0.2, -0.15) is 0 Å². The van der Waals surface area contributed by atoms with E-state index in [1.165, 1.54) is 0 Å². The molecule has 1 aromatic heterocycles. The zero-order chi connectivity index (χ0) is 16.2. The van der Waals surface area contributed by atoms with Crippen LogP contribution >= 0.6 is 11.3 Å². The van der Waals surface area contributed by atoms with E-state index in [0.717, 1.165) is 42.8 Å². The van der Waals surface area contributed by atoms with Gasteiger partial charge < -0.3 is 4.90 Å². The average Bonchev–Trinajstić information content (AvgIpc) is 2.83. The van der Waals surface area contributed by atoms with Crippen LogP contribution < -0.4 is 4.72 Å². The molecule has 124 valence electrons. The first-order valence-electron chi connectivity index (χ1n) is 7.50. The Hall–Kier alpha value is -0.990. The van der Waals surface area contributed by atoms with E-state index in [0.29, 0.717) is 19.4 Å². The minimum Gasteiger partial charge on any atom is -0.339 e. The van der Waals surface area contributed by atoms with Gasteiger partial charge in [-0.25, -0.2) is 18.1 Å².